The predicted molar refractivity (Wildman–Crippen MR) is 96.2 cm³/mol. The summed E-state index contributed by atoms with van der Waals surface area (Å²) in [6.07, 6.45) is 4.52. The molecule has 0 aromatic heterocycles. The molecule has 1 N–H and O–H groups in total. The van der Waals surface area contributed by atoms with E-state index in [-0.39, 0.29) is 11.9 Å². The molecule has 1 amide bonds. The average Bonchev–Trinajstić information content (AvgIpc) is 2.61. The molecule has 0 bridgehead atoms. The van der Waals surface area contributed by atoms with Crippen LogP contribution in [0.1, 0.15) is 48.4 Å². The van der Waals surface area contributed by atoms with Crippen molar-refractivity contribution in [3.63, 3.8) is 0 Å². The molecule has 24 heavy (non-hydrogen) atoms. The van der Waals surface area contributed by atoms with Crippen LogP contribution in [0.25, 0.3) is 0 Å². The van der Waals surface area contributed by atoms with Crippen molar-refractivity contribution in [3.8, 4) is 5.75 Å². The molecule has 0 radical (unpaired) electrons. The van der Waals surface area contributed by atoms with Crippen LogP contribution in [0.2, 0.25) is 0 Å². The summed E-state index contributed by atoms with van der Waals surface area (Å²) in [5, 5.41) is 3.19. The van der Waals surface area contributed by atoms with E-state index in [1.807, 2.05) is 24.3 Å². The lowest BCUT2D eigenvalue weighted by molar-refractivity contribution is -0.122. The maximum atomic E-state index is 12.2. The molecule has 2 aromatic rings. The largest absolute Gasteiger partial charge is 0.494 e. The van der Waals surface area contributed by atoms with Crippen LogP contribution in [-0.4, -0.2) is 12.5 Å². The van der Waals surface area contributed by atoms with E-state index in [0.29, 0.717) is 13.0 Å². The molecule has 3 rings (SSSR count). The van der Waals surface area contributed by atoms with Crippen molar-refractivity contribution < 1.29 is 9.53 Å². The monoisotopic (exact) mass is 323 g/mol. The summed E-state index contributed by atoms with van der Waals surface area (Å²) in [5.41, 5.74) is 3.87. The molecule has 1 aliphatic carbocycles. The van der Waals surface area contributed by atoms with Crippen LogP contribution in [0.3, 0.4) is 0 Å². The highest BCUT2D eigenvalue weighted by Gasteiger charge is 2.20. The van der Waals surface area contributed by atoms with E-state index in [4.69, 9.17) is 4.74 Å². The molecule has 0 aliphatic heterocycles. The summed E-state index contributed by atoms with van der Waals surface area (Å²) in [5.74, 6) is 0.978. The minimum Gasteiger partial charge on any atom is -0.494 e. The number of carbonyl (C=O) groups is 1. The smallest absolute Gasteiger partial charge is 0.220 e. The average molecular weight is 323 g/mol. The van der Waals surface area contributed by atoms with Gasteiger partial charge >= 0.3 is 0 Å². The van der Waals surface area contributed by atoms with Crippen LogP contribution < -0.4 is 10.1 Å². The number of hydrogen-bond acceptors (Lipinski definition) is 2. The Labute approximate surface area is 144 Å². The fourth-order valence-electron chi connectivity index (χ4n) is 3.23. The molecular weight excluding hydrogens is 298 g/mol. The highest BCUT2D eigenvalue weighted by Crippen LogP contribution is 2.29. The Balaban J connectivity index is 1.42. The van der Waals surface area contributed by atoms with Crippen LogP contribution in [0.15, 0.2) is 48.5 Å². The minimum atomic E-state index is 0.115. The van der Waals surface area contributed by atoms with Crippen molar-refractivity contribution in [2.45, 2.75) is 45.1 Å². The quantitative estimate of drug-likeness (QED) is 0.803. The predicted octanol–water partition coefficient (Wildman–Crippen LogP) is 4.35. The van der Waals surface area contributed by atoms with Gasteiger partial charge in [0.25, 0.3) is 0 Å². The summed E-state index contributed by atoms with van der Waals surface area (Å²) in [4.78, 5) is 12.2. The molecule has 0 unspecified atom stereocenters. The van der Waals surface area contributed by atoms with Gasteiger partial charge in [-0.05, 0) is 55.9 Å². The SMILES string of the molecule is Cc1ccc(OCCCC(=O)N[C@@H]2CCCc3ccccc32)cc1. The molecule has 3 nitrogen and oxygen atoms in total. The zero-order valence-corrected chi connectivity index (χ0v) is 14.3. The van der Waals surface area contributed by atoms with E-state index in [9.17, 15) is 4.79 Å². The Bertz CT molecular complexity index is 678. The number of aryl methyl sites for hydroxylation is 2. The van der Waals surface area contributed by atoms with E-state index in [0.717, 1.165) is 31.4 Å². The number of amides is 1. The van der Waals surface area contributed by atoms with Crippen LogP contribution in [-0.2, 0) is 11.2 Å². The second-order valence-electron chi connectivity index (χ2n) is 6.48. The van der Waals surface area contributed by atoms with Gasteiger partial charge in [0.05, 0.1) is 12.6 Å². The first-order valence-corrected chi connectivity index (χ1v) is 8.79. The highest BCUT2D eigenvalue weighted by atomic mass is 16.5. The number of rotatable bonds is 6. The lowest BCUT2D eigenvalue weighted by Gasteiger charge is -2.26. The molecule has 0 spiro atoms. The van der Waals surface area contributed by atoms with Crippen molar-refractivity contribution in [1.82, 2.24) is 5.32 Å². The van der Waals surface area contributed by atoms with Crippen molar-refractivity contribution in [3.05, 3.63) is 65.2 Å². The number of hydrogen-bond donors (Lipinski definition) is 1. The van der Waals surface area contributed by atoms with Crippen molar-refractivity contribution >= 4 is 5.91 Å². The molecule has 1 atom stereocenters. The Hall–Kier alpha value is -2.29. The second-order valence-corrected chi connectivity index (χ2v) is 6.48. The van der Waals surface area contributed by atoms with E-state index in [1.165, 1.54) is 16.7 Å². The number of carbonyl (C=O) groups excluding carboxylic acids is 1. The van der Waals surface area contributed by atoms with Gasteiger partial charge in [0.2, 0.25) is 5.91 Å². The van der Waals surface area contributed by atoms with Crippen LogP contribution in [0.4, 0.5) is 0 Å². The first kappa shape index (κ1) is 16.6. The number of nitrogens with one attached hydrogen (secondary N) is 1. The van der Waals surface area contributed by atoms with Gasteiger partial charge in [0.15, 0.2) is 0 Å². The van der Waals surface area contributed by atoms with Crippen LogP contribution >= 0.6 is 0 Å². The number of ether oxygens (including phenoxy) is 1. The van der Waals surface area contributed by atoms with E-state index in [1.54, 1.807) is 0 Å². The Kier molecular flexibility index (Phi) is 5.52. The summed E-state index contributed by atoms with van der Waals surface area (Å²) >= 11 is 0. The van der Waals surface area contributed by atoms with E-state index in [2.05, 4.69) is 36.5 Å². The second kappa shape index (κ2) is 8.00. The lowest BCUT2D eigenvalue weighted by atomic mass is 9.87. The minimum absolute atomic E-state index is 0.115. The topological polar surface area (TPSA) is 38.3 Å². The van der Waals surface area contributed by atoms with Gasteiger partial charge in [-0.3, -0.25) is 4.79 Å². The normalized spacial score (nSPS) is 16.3. The van der Waals surface area contributed by atoms with Gasteiger partial charge in [-0.1, -0.05) is 42.0 Å². The number of fused-ring (bicyclic) bond motifs is 1. The van der Waals surface area contributed by atoms with Crippen molar-refractivity contribution in [2.24, 2.45) is 0 Å². The zero-order chi connectivity index (χ0) is 16.8. The van der Waals surface area contributed by atoms with E-state index < -0.39 is 0 Å². The Morgan fingerprint density at radius 3 is 2.79 bits per heavy atom. The molecule has 3 heteroatoms. The van der Waals surface area contributed by atoms with Gasteiger partial charge < -0.3 is 10.1 Å². The molecule has 126 valence electrons. The van der Waals surface area contributed by atoms with Gasteiger partial charge in [0.1, 0.15) is 5.75 Å². The van der Waals surface area contributed by atoms with Crippen molar-refractivity contribution in [2.75, 3.05) is 6.61 Å². The van der Waals surface area contributed by atoms with E-state index >= 15 is 0 Å². The zero-order valence-electron chi connectivity index (χ0n) is 14.3. The molecule has 2 aromatic carbocycles. The van der Waals surface area contributed by atoms with Gasteiger partial charge in [0, 0.05) is 6.42 Å². The fourth-order valence-corrected chi connectivity index (χ4v) is 3.23. The molecular formula is C21H25NO2. The first-order chi connectivity index (χ1) is 11.7. The summed E-state index contributed by atoms with van der Waals surface area (Å²) in [6.45, 7) is 2.62. The maximum Gasteiger partial charge on any atom is 0.220 e. The summed E-state index contributed by atoms with van der Waals surface area (Å²) in [6, 6.07) is 16.6. The molecule has 0 fully saturated rings. The number of benzene rings is 2. The standard InChI is InChI=1S/C21H25NO2/c1-16-11-13-18(14-12-16)24-15-5-10-21(23)22-20-9-4-7-17-6-2-3-8-19(17)20/h2-3,6,8,11-14,20H,4-5,7,9-10,15H2,1H3,(H,22,23)/t20-/m1/s1. The van der Waals surface area contributed by atoms with Gasteiger partial charge in [-0.15, -0.1) is 0 Å². The molecule has 0 saturated carbocycles. The van der Waals surface area contributed by atoms with Crippen molar-refractivity contribution in [1.29, 1.82) is 0 Å². The van der Waals surface area contributed by atoms with Crippen LogP contribution in [0.5, 0.6) is 5.75 Å². The third-order valence-corrected chi connectivity index (χ3v) is 4.54. The highest BCUT2D eigenvalue weighted by molar-refractivity contribution is 5.76. The maximum absolute atomic E-state index is 12.2. The molecule has 1 aliphatic rings. The Morgan fingerprint density at radius 2 is 1.96 bits per heavy atom. The third kappa shape index (κ3) is 4.38. The third-order valence-electron chi connectivity index (χ3n) is 4.54. The van der Waals surface area contributed by atoms with Gasteiger partial charge in [-0.25, -0.2) is 0 Å². The molecule has 0 saturated heterocycles. The first-order valence-electron chi connectivity index (χ1n) is 8.79. The fraction of sp³-hybridized carbons (Fsp3) is 0.381. The van der Waals surface area contributed by atoms with Crippen LogP contribution in [0, 0.1) is 6.92 Å². The lowest BCUT2D eigenvalue weighted by Crippen LogP contribution is -2.31. The summed E-state index contributed by atoms with van der Waals surface area (Å²) in [7, 11) is 0. The van der Waals surface area contributed by atoms with Gasteiger partial charge in [-0.2, -0.15) is 0 Å². The molecule has 0 heterocycles. The Morgan fingerprint density at radius 1 is 1.17 bits per heavy atom. The summed E-state index contributed by atoms with van der Waals surface area (Å²) < 4.78 is 5.68.